The standard InChI is InChI=1S/C19H33NO3/c1-14(2)9-10-20-12-15(21)13-23-18-8-7-16(22-6)11-17(18)19(3,4)5/h7-8,11,14-15,20-21H,9-10,12-13H2,1-6H3/p+1/t15-/m0/s1. The van der Waals surface area contributed by atoms with Gasteiger partial charge in [0.15, 0.2) is 0 Å². The van der Waals surface area contributed by atoms with Crippen LogP contribution in [-0.2, 0) is 5.41 Å². The predicted molar refractivity (Wildman–Crippen MR) is 94.3 cm³/mol. The van der Waals surface area contributed by atoms with Crippen LogP contribution in [0.3, 0.4) is 0 Å². The molecule has 1 atom stereocenters. The second kappa shape index (κ2) is 9.14. The van der Waals surface area contributed by atoms with Crippen molar-refractivity contribution in [1.29, 1.82) is 0 Å². The van der Waals surface area contributed by atoms with Crippen molar-refractivity contribution in [3.63, 3.8) is 0 Å². The minimum absolute atomic E-state index is 0.0434. The molecule has 0 unspecified atom stereocenters. The normalized spacial score (nSPS) is 13.2. The average molecular weight is 324 g/mol. The lowest BCUT2D eigenvalue weighted by Gasteiger charge is -2.24. The molecular weight excluding hydrogens is 290 g/mol. The van der Waals surface area contributed by atoms with Crippen LogP contribution in [0.4, 0.5) is 0 Å². The lowest BCUT2D eigenvalue weighted by molar-refractivity contribution is -0.662. The molecule has 1 rings (SSSR count). The maximum absolute atomic E-state index is 10.1. The summed E-state index contributed by atoms with van der Waals surface area (Å²) in [6.45, 7) is 12.9. The van der Waals surface area contributed by atoms with Gasteiger partial charge in [-0.25, -0.2) is 0 Å². The molecule has 23 heavy (non-hydrogen) atoms. The van der Waals surface area contributed by atoms with E-state index in [-0.39, 0.29) is 5.41 Å². The van der Waals surface area contributed by atoms with Gasteiger partial charge in [-0.3, -0.25) is 0 Å². The number of aliphatic hydroxyl groups excluding tert-OH is 1. The fraction of sp³-hybridized carbons (Fsp3) is 0.684. The first-order valence-electron chi connectivity index (χ1n) is 8.55. The van der Waals surface area contributed by atoms with Gasteiger partial charge in [0.1, 0.15) is 30.8 Å². The van der Waals surface area contributed by atoms with E-state index in [1.54, 1.807) is 7.11 Å². The van der Waals surface area contributed by atoms with Crippen LogP contribution < -0.4 is 14.8 Å². The second-order valence-corrected chi connectivity index (χ2v) is 7.57. The Kier molecular flexibility index (Phi) is 7.86. The Morgan fingerprint density at radius 1 is 1.22 bits per heavy atom. The topological polar surface area (TPSA) is 55.3 Å². The Labute approximate surface area is 141 Å². The van der Waals surface area contributed by atoms with Crippen LogP contribution in [0.25, 0.3) is 0 Å². The van der Waals surface area contributed by atoms with Gasteiger partial charge in [0, 0.05) is 5.56 Å². The van der Waals surface area contributed by atoms with E-state index in [9.17, 15) is 5.11 Å². The number of aliphatic hydroxyl groups is 1. The molecule has 1 aromatic rings. The maximum Gasteiger partial charge on any atom is 0.137 e. The largest absolute Gasteiger partial charge is 0.497 e. The van der Waals surface area contributed by atoms with E-state index in [0.29, 0.717) is 19.1 Å². The van der Waals surface area contributed by atoms with Crippen molar-refractivity contribution in [3.05, 3.63) is 23.8 Å². The molecule has 0 radical (unpaired) electrons. The van der Waals surface area contributed by atoms with Gasteiger partial charge in [0.25, 0.3) is 0 Å². The molecule has 0 saturated carbocycles. The van der Waals surface area contributed by atoms with E-state index in [1.165, 1.54) is 6.42 Å². The van der Waals surface area contributed by atoms with Gasteiger partial charge in [-0.15, -0.1) is 0 Å². The molecule has 0 bridgehead atoms. The first kappa shape index (κ1) is 19.8. The van der Waals surface area contributed by atoms with E-state index < -0.39 is 6.10 Å². The van der Waals surface area contributed by atoms with Crippen molar-refractivity contribution in [2.75, 3.05) is 26.8 Å². The second-order valence-electron chi connectivity index (χ2n) is 7.57. The summed E-state index contributed by atoms with van der Waals surface area (Å²) in [6, 6.07) is 5.83. The third-order valence-electron chi connectivity index (χ3n) is 3.81. The van der Waals surface area contributed by atoms with Crippen LogP contribution in [0.15, 0.2) is 18.2 Å². The quantitative estimate of drug-likeness (QED) is 0.686. The smallest absolute Gasteiger partial charge is 0.137 e. The minimum Gasteiger partial charge on any atom is -0.497 e. The summed E-state index contributed by atoms with van der Waals surface area (Å²) in [7, 11) is 1.67. The zero-order valence-electron chi connectivity index (χ0n) is 15.6. The van der Waals surface area contributed by atoms with E-state index in [1.807, 2.05) is 18.2 Å². The highest BCUT2D eigenvalue weighted by molar-refractivity contribution is 5.44. The first-order valence-corrected chi connectivity index (χ1v) is 8.55. The number of quaternary nitrogens is 1. The molecule has 0 aliphatic carbocycles. The number of rotatable bonds is 9. The van der Waals surface area contributed by atoms with Gasteiger partial charge in [-0.2, -0.15) is 0 Å². The molecular formula is C19H34NO3+. The Balaban J connectivity index is 2.56. The fourth-order valence-electron chi connectivity index (χ4n) is 2.36. The van der Waals surface area contributed by atoms with E-state index >= 15 is 0 Å². The lowest BCUT2D eigenvalue weighted by atomic mass is 9.86. The summed E-state index contributed by atoms with van der Waals surface area (Å²) in [5, 5.41) is 12.2. The molecule has 4 heteroatoms. The molecule has 0 heterocycles. The molecule has 4 nitrogen and oxygen atoms in total. The van der Waals surface area contributed by atoms with Gasteiger partial charge in [0.05, 0.1) is 13.7 Å². The highest BCUT2D eigenvalue weighted by atomic mass is 16.5. The third-order valence-corrected chi connectivity index (χ3v) is 3.81. The molecule has 0 aliphatic heterocycles. The number of hydrogen-bond donors (Lipinski definition) is 2. The summed E-state index contributed by atoms with van der Waals surface area (Å²) >= 11 is 0. The summed E-state index contributed by atoms with van der Waals surface area (Å²) in [5.41, 5.74) is 1.05. The maximum atomic E-state index is 10.1. The van der Waals surface area contributed by atoms with Crippen molar-refractivity contribution < 1.29 is 19.9 Å². The van der Waals surface area contributed by atoms with E-state index in [4.69, 9.17) is 9.47 Å². The zero-order valence-corrected chi connectivity index (χ0v) is 15.6. The Morgan fingerprint density at radius 2 is 1.91 bits per heavy atom. The fourth-order valence-corrected chi connectivity index (χ4v) is 2.36. The predicted octanol–water partition coefficient (Wildman–Crippen LogP) is 2.34. The van der Waals surface area contributed by atoms with Crippen LogP contribution in [0.5, 0.6) is 11.5 Å². The molecule has 1 aromatic carbocycles. The molecule has 0 amide bonds. The number of ether oxygens (including phenoxy) is 2. The monoisotopic (exact) mass is 324 g/mol. The Bertz CT molecular complexity index is 466. The lowest BCUT2D eigenvalue weighted by Crippen LogP contribution is -2.86. The van der Waals surface area contributed by atoms with Crippen LogP contribution in [0.2, 0.25) is 0 Å². The van der Waals surface area contributed by atoms with Crippen molar-refractivity contribution in [1.82, 2.24) is 0 Å². The summed E-state index contributed by atoms with van der Waals surface area (Å²) in [6.07, 6.45) is 0.706. The average Bonchev–Trinajstić information content (AvgIpc) is 2.48. The van der Waals surface area contributed by atoms with E-state index in [2.05, 4.69) is 39.9 Å². The molecule has 0 aliphatic rings. The van der Waals surface area contributed by atoms with Gasteiger partial charge in [0.2, 0.25) is 0 Å². The molecule has 132 valence electrons. The molecule has 0 fully saturated rings. The van der Waals surface area contributed by atoms with Gasteiger partial charge in [-0.1, -0.05) is 34.6 Å². The molecule has 0 spiro atoms. The van der Waals surface area contributed by atoms with Crippen LogP contribution in [-0.4, -0.2) is 38.0 Å². The van der Waals surface area contributed by atoms with Gasteiger partial charge >= 0.3 is 0 Å². The first-order chi connectivity index (χ1) is 10.7. The molecule has 0 aromatic heterocycles. The summed E-state index contributed by atoms with van der Waals surface area (Å²) in [5.74, 6) is 2.35. The number of hydrogen-bond acceptors (Lipinski definition) is 3. The SMILES string of the molecule is COc1ccc(OC[C@@H](O)C[NH2+]CCC(C)C)c(C(C)(C)C)c1. The number of methoxy groups -OCH3 is 1. The van der Waals surface area contributed by atoms with Crippen LogP contribution >= 0.6 is 0 Å². The van der Waals surface area contributed by atoms with Gasteiger partial charge in [-0.05, 0) is 36.0 Å². The van der Waals surface area contributed by atoms with Crippen LogP contribution in [0, 0.1) is 5.92 Å². The highest BCUT2D eigenvalue weighted by Crippen LogP contribution is 2.34. The molecule has 3 N–H and O–H groups in total. The van der Waals surface area contributed by atoms with Crippen molar-refractivity contribution in [2.24, 2.45) is 5.92 Å². The number of nitrogens with two attached hydrogens (primary N) is 1. The summed E-state index contributed by atoms with van der Waals surface area (Å²) < 4.78 is 11.2. The Hall–Kier alpha value is -1.26. The molecule has 0 saturated heterocycles. The van der Waals surface area contributed by atoms with Crippen molar-refractivity contribution in [3.8, 4) is 11.5 Å². The Morgan fingerprint density at radius 3 is 2.48 bits per heavy atom. The van der Waals surface area contributed by atoms with Crippen LogP contribution in [0.1, 0.15) is 46.6 Å². The van der Waals surface area contributed by atoms with Crippen molar-refractivity contribution in [2.45, 2.75) is 52.6 Å². The van der Waals surface area contributed by atoms with Crippen molar-refractivity contribution >= 4 is 0 Å². The highest BCUT2D eigenvalue weighted by Gasteiger charge is 2.20. The minimum atomic E-state index is -0.461. The van der Waals surface area contributed by atoms with E-state index in [0.717, 1.165) is 23.6 Å². The third kappa shape index (κ3) is 7.23. The van der Waals surface area contributed by atoms with Gasteiger partial charge < -0.3 is 19.9 Å². The number of benzene rings is 1. The zero-order chi connectivity index (χ0) is 17.5. The summed E-state index contributed by atoms with van der Waals surface area (Å²) in [4.78, 5) is 0.